The van der Waals surface area contributed by atoms with Crippen molar-refractivity contribution in [2.45, 2.75) is 0 Å². The second-order valence-corrected chi connectivity index (χ2v) is 4.74. The summed E-state index contributed by atoms with van der Waals surface area (Å²) < 4.78 is 0. The zero-order valence-electron chi connectivity index (χ0n) is 12.0. The van der Waals surface area contributed by atoms with Crippen molar-refractivity contribution in [2.24, 2.45) is 0 Å². The van der Waals surface area contributed by atoms with Crippen molar-refractivity contribution in [3.8, 4) is 11.3 Å². The van der Waals surface area contributed by atoms with Gasteiger partial charge in [0.25, 0.3) is 0 Å². The lowest BCUT2D eigenvalue weighted by Gasteiger charge is -2.07. The van der Waals surface area contributed by atoms with Gasteiger partial charge in [0.2, 0.25) is 5.95 Å². The van der Waals surface area contributed by atoms with E-state index in [4.69, 9.17) is 10.8 Å². The number of nitrogen functional groups attached to an aromatic ring is 1. The summed E-state index contributed by atoms with van der Waals surface area (Å²) in [7, 11) is 0. The Hall–Kier alpha value is -3.48. The number of carbonyl (C=O) groups is 1. The van der Waals surface area contributed by atoms with Gasteiger partial charge in [-0.3, -0.25) is 0 Å². The number of carboxylic acid groups (broad SMARTS) is 1. The Labute approximate surface area is 131 Å². The molecule has 114 valence electrons. The normalized spacial score (nSPS) is 10.3. The van der Waals surface area contributed by atoms with Crippen molar-refractivity contribution in [2.75, 3.05) is 11.1 Å². The topological polar surface area (TPSA) is 114 Å². The zero-order chi connectivity index (χ0) is 16.2. The van der Waals surface area contributed by atoms with Crippen molar-refractivity contribution in [3.05, 3.63) is 60.4 Å². The number of aromatic nitrogens is 3. The molecule has 7 nitrogen and oxygen atoms in total. The second kappa shape index (κ2) is 6.10. The molecule has 0 atom stereocenters. The largest absolute Gasteiger partial charge is 0.478 e. The quantitative estimate of drug-likeness (QED) is 0.678. The average molecular weight is 307 g/mol. The highest BCUT2D eigenvalue weighted by Gasteiger charge is 2.06. The number of hydrogen-bond acceptors (Lipinski definition) is 6. The van der Waals surface area contributed by atoms with Crippen LogP contribution in [0.4, 0.5) is 17.5 Å². The van der Waals surface area contributed by atoms with E-state index in [-0.39, 0.29) is 5.56 Å². The van der Waals surface area contributed by atoms with Crippen LogP contribution >= 0.6 is 0 Å². The number of carboxylic acids is 1. The molecule has 23 heavy (non-hydrogen) atoms. The van der Waals surface area contributed by atoms with E-state index in [9.17, 15) is 4.79 Å². The number of benzene rings is 1. The first-order valence-electron chi connectivity index (χ1n) is 6.77. The molecule has 0 unspecified atom stereocenters. The summed E-state index contributed by atoms with van der Waals surface area (Å²) in [5.74, 6) is -0.150. The van der Waals surface area contributed by atoms with E-state index in [2.05, 4.69) is 20.3 Å². The highest BCUT2D eigenvalue weighted by molar-refractivity contribution is 5.88. The van der Waals surface area contributed by atoms with Crippen molar-refractivity contribution in [1.29, 1.82) is 0 Å². The van der Waals surface area contributed by atoms with E-state index >= 15 is 0 Å². The number of rotatable bonds is 4. The third-order valence-corrected chi connectivity index (χ3v) is 3.12. The predicted octanol–water partition coefficient (Wildman–Crippen LogP) is 2.56. The average Bonchev–Trinajstić information content (AvgIpc) is 2.55. The molecule has 0 amide bonds. The number of nitrogens with two attached hydrogens (primary N) is 1. The standard InChI is InChI=1S/C16H13N5O2/c17-14-9-12(5-7-18-14)20-16-19-8-6-13(21-16)10-1-3-11(4-2-10)15(22)23/h1-9H,(H,22,23)(H3,17,18,19,20,21). The molecule has 2 heterocycles. The molecule has 4 N–H and O–H groups in total. The lowest BCUT2D eigenvalue weighted by molar-refractivity contribution is 0.0697. The van der Waals surface area contributed by atoms with Crippen molar-refractivity contribution in [1.82, 2.24) is 15.0 Å². The number of pyridine rings is 1. The summed E-state index contributed by atoms with van der Waals surface area (Å²) in [5, 5.41) is 12.0. The number of hydrogen-bond donors (Lipinski definition) is 3. The molecule has 2 aromatic heterocycles. The van der Waals surface area contributed by atoms with Crippen molar-refractivity contribution < 1.29 is 9.90 Å². The SMILES string of the molecule is Nc1cc(Nc2nccc(-c3ccc(C(=O)O)cc3)n2)ccn1. The van der Waals surface area contributed by atoms with E-state index in [1.54, 1.807) is 42.7 Å². The molecule has 0 aliphatic heterocycles. The summed E-state index contributed by atoms with van der Waals surface area (Å²) in [5.41, 5.74) is 8.08. The van der Waals surface area contributed by atoms with Gasteiger partial charge in [-0.2, -0.15) is 0 Å². The molecular weight excluding hydrogens is 294 g/mol. The van der Waals surface area contributed by atoms with Crippen LogP contribution in [-0.2, 0) is 0 Å². The molecule has 0 saturated carbocycles. The first kappa shape index (κ1) is 14.5. The van der Waals surface area contributed by atoms with E-state index in [0.717, 1.165) is 11.3 Å². The Morgan fingerprint density at radius 3 is 2.48 bits per heavy atom. The summed E-state index contributed by atoms with van der Waals surface area (Å²) in [4.78, 5) is 23.4. The molecule has 3 rings (SSSR count). The molecule has 0 saturated heterocycles. The fourth-order valence-corrected chi connectivity index (χ4v) is 2.02. The highest BCUT2D eigenvalue weighted by atomic mass is 16.4. The van der Waals surface area contributed by atoms with Gasteiger partial charge in [-0.15, -0.1) is 0 Å². The molecule has 7 heteroatoms. The Balaban J connectivity index is 1.86. The number of nitrogens with one attached hydrogen (secondary N) is 1. The van der Waals surface area contributed by atoms with Crippen LogP contribution in [0.15, 0.2) is 54.9 Å². The van der Waals surface area contributed by atoms with Gasteiger partial charge >= 0.3 is 5.97 Å². The van der Waals surface area contributed by atoms with Crippen LogP contribution in [0.1, 0.15) is 10.4 Å². The van der Waals surface area contributed by atoms with Crippen LogP contribution in [0.3, 0.4) is 0 Å². The van der Waals surface area contributed by atoms with Gasteiger partial charge in [-0.1, -0.05) is 12.1 Å². The molecule has 3 aromatic rings. The molecule has 0 radical (unpaired) electrons. The first-order valence-corrected chi connectivity index (χ1v) is 6.77. The van der Waals surface area contributed by atoms with Gasteiger partial charge in [-0.25, -0.2) is 19.7 Å². The smallest absolute Gasteiger partial charge is 0.335 e. The van der Waals surface area contributed by atoms with Gasteiger partial charge in [0.05, 0.1) is 11.3 Å². The lowest BCUT2D eigenvalue weighted by atomic mass is 10.1. The van der Waals surface area contributed by atoms with Crippen LogP contribution in [0.25, 0.3) is 11.3 Å². The van der Waals surface area contributed by atoms with E-state index < -0.39 is 5.97 Å². The fraction of sp³-hybridized carbons (Fsp3) is 0. The number of nitrogens with zero attached hydrogens (tertiary/aromatic N) is 3. The third-order valence-electron chi connectivity index (χ3n) is 3.12. The summed E-state index contributed by atoms with van der Waals surface area (Å²) in [6.07, 6.45) is 3.21. The number of anilines is 3. The zero-order valence-corrected chi connectivity index (χ0v) is 12.0. The molecule has 0 fully saturated rings. The van der Waals surface area contributed by atoms with Gasteiger partial charge in [0.1, 0.15) is 5.82 Å². The van der Waals surface area contributed by atoms with Crippen LogP contribution in [-0.4, -0.2) is 26.0 Å². The highest BCUT2D eigenvalue weighted by Crippen LogP contribution is 2.20. The van der Waals surface area contributed by atoms with E-state index in [1.807, 2.05) is 0 Å². The lowest BCUT2D eigenvalue weighted by Crippen LogP contribution is -1.99. The van der Waals surface area contributed by atoms with Crippen LogP contribution < -0.4 is 11.1 Å². The van der Waals surface area contributed by atoms with Gasteiger partial charge in [0, 0.05) is 29.7 Å². The van der Waals surface area contributed by atoms with Crippen LogP contribution in [0, 0.1) is 0 Å². The molecule has 1 aromatic carbocycles. The Kier molecular flexibility index (Phi) is 3.84. The summed E-state index contributed by atoms with van der Waals surface area (Å²) in [6, 6.07) is 11.7. The molecule has 0 spiro atoms. The summed E-state index contributed by atoms with van der Waals surface area (Å²) >= 11 is 0. The van der Waals surface area contributed by atoms with Crippen LogP contribution in [0.5, 0.6) is 0 Å². The Morgan fingerprint density at radius 1 is 1.04 bits per heavy atom. The van der Waals surface area contributed by atoms with Gasteiger partial charge in [0.15, 0.2) is 0 Å². The summed E-state index contributed by atoms with van der Waals surface area (Å²) in [6.45, 7) is 0. The Morgan fingerprint density at radius 2 is 1.78 bits per heavy atom. The minimum atomic E-state index is -0.961. The monoisotopic (exact) mass is 307 g/mol. The van der Waals surface area contributed by atoms with Crippen LogP contribution in [0.2, 0.25) is 0 Å². The minimum Gasteiger partial charge on any atom is -0.478 e. The Bertz CT molecular complexity index is 849. The van der Waals surface area contributed by atoms with E-state index in [0.29, 0.717) is 17.5 Å². The molecular formula is C16H13N5O2. The minimum absolute atomic E-state index is 0.230. The molecule has 0 bridgehead atoms. The first-order chi connectivity index (χ1) is 11.1. The maximum absolute atomic E-state index is 10.9. The van der Waals surface area contributed by atoms with Crippen molar-refractivity contribution in [3.63, 3.8) is 0 Å². The maximum atomic E-state index is 10.9. The number of aromatic carboxylic acids is 1. The van der Waals surface area contributed by atoms with E-state index in [1.165, 1.54) is 12.1 Å². The second-order valence-electron chi connectivity index (χ2n) is 4.74. The fourth-order valence-electron chi connectivity index (χ4n) is 2.02. The van der Waals surface area contributed by atoms with Crippen molar-refractivity contribution >= 4 is 23.4 Å². The van der Waals surface area contributed by atoms with Gasteiger partial charge in [-0.05, 0) is 24.3 Å². The predicted molar refractivity (Wildman–Crippen MR) is 86.4 cm³/mol. The molecule has 0 aliphatic carbocycles. The molecule has 0 aliphatic rings. The third kappa shape index (κ3) is 3.41. The van der Waals surface area contributed by atoms with Gasteiger partial charge < -0.3 is 16.2 Å². The maximum Gasteiger partial charge on any atom is 0.335 e.